The van der Waals surface area contributed by atoms with Gasteiger partial charge in [0.15, 0.2) is 0 Å². The summed E-state index contributed by atoms with van der Waals surface area (Å²) in [6, 6.07) is 1.76. The number of primary amides is 1. The van der Waals surface area contributed by atoms with Crippen molar-refractivity contribution in [2.75, 3.05) is 5.75 Å². The first-order valence-corrected chi connectivity index (χ1v) is 8.13. The summed E-state index contributed by atoms with van der Waals surface area (Å²) in [6.45, 7) is 1.35. The van der Waals surface area contributed by atoms with Crippen molar-refractivity contribution in [3.8, 4) is 5.69 Å². The zero-order chi connectivity index (χ0) is 21.2. The Morgan fingerprint density at radius 3 is 2.54 bits per heavy atom. The van der Waals surface area contributed by atoms with Crippen molar-refractivity contribution in [3.63, 3.8) is 0 Å². The number of halogens is 4. The molecule has 1 amide bonds. The Kier molecular flexibility index (Phi) is 5.92. The van der Waals surface area contributed by atoms with E-state index in [2.05, 4.69) is 15.6 Å². The van der Waals surface area contributed by atoms with Crippen LogP contribution in [0.5, 0.6) is 0 Å². The van der Waals surface area contributed by atoms with Gasteiger partial charge in [0.1, 0.15) is 11.5 Å². The summed E-state index contributed by atoms with van der Waals surface area (Å²) in [6.07, 6.45) is -6.05. The summed E-state index contributed by atoms with van der Waals surface area (Å²) in [5, 5.41) is 3.34. The Balaban J connectivity index is 2.58. The second-order valence-corrected chi connectivity index (χ2v) is 6.22. The molecule has 0 fully saturated rings. The third-order valence-electron chi connectivity index (χ3n) is 3.08. The molecule has 3 N–H and O–H groups in total. The highest BCUT2D eigenvalue weighted by atomic mass is 32.2. The number of alkyl halides is 3. The predicted molar refractivity (Wildman–Crippen MR) is 86.9 cm³/mol. The van der Waals surface area contributed by atoms with Crippen LogP contribution in [0.2, 0.25) is 0 Å². The van der Waals surface area contributed by atoms with E-state index in [-0.39, 0.29) is 15.1 Å². The molecule has 0 atom stereocenters. The highest BCUT2D eigenvalue weighted by Gasteiger charge is 2.28. The number of carbonyl (C=O) groups excluding carboxylic acids is 2. The number of thioether (sulfide) groups is 1. The molecule has 0 saturated heterocycles. The van der Waals surface area contributed by atoms with Crippen LogP contribution in [0.1, 0.15) is 16.1 Å². The fourth-order valence-corrected chi connectivity index (χ4v) is 2.76. The van der Waals surface area contributed by atoms with E-state index in [0.29, 0.717) is 11.8 Å². The minimum atomic E-state index is -4.50. The first-order chi connectivity index (χ1) is 12.9. The Morgan fingerprint density at radius 2 is 1.96 bits per heavy atom. The summed E-state index contributed by atoms with van der Waals surface area (Å²) in [5.74, 6) is -3.95. The molecule has 0 aliphatic heterocycles. The zero-order valence-corrected chi connectivity index (χ0v) is 14.6. The molecule has 0 spiro atoms. The van der Waals surface area contributed by atoms with Gasteiger partial charge in [-0.15, -0.1) is 11.8 Å². The lowest BCUT2D eigenvalue weighted by atomic mass is 10.2. The van der Waals surface area contributed by atoms with E-state index in [0.717, 1.165) is 12.1 Å². The fraction of sp³-hybridized carbons (Fsp3) is 0.214. The maximum Gasteiger partial charge on any atom is 0.412 e. The van der Waals surface area contributed by atoms with Gasteiger partial charge in [0.05, 0.1) is 5.75 Å². The number of esters is 1. The van der Waals surface area contributed by atoms with Crippen molar-refractivity contribution >= 4 is 23.8 Å². The third kappa shape index (κ3) is 4.97. The van der Waals surface area contributed by atoms with Crippen LogP contribution in [-0.2, 0) is 4.74 Å². The molecule has 2 rings (SSSR count). The van der Waals surface area contributed by atoms with Gasteiger partial charge in [0, 0.05) is 4.90 Å². The molecule has 0 aliphatic carbocycles. The minimum absolute atomic E-state index is 0.0186. The number of carbonyl (C=O) groups is 2. The van der Waals surface area contributed by atoms with Crippen molar-refractivity contribution in [2.24, 2.45) is 5.73 Å². The molecule has 0 bridgehead atoms. The van der Waals surface area contributed by atoms with Gasteiger partial charge in [0.25, 0.3) is 5.56 Å². The highest BCUT2D eigenvalue weighted by molar-refractivity contribution is 7.99. The number of hydrogen-bond acceptors (Lipinski definition) is 7. The topological polar surface area (TPSA) is 137 Å². The molecule has 1 heterocycles. The number of hydrogen-bond donors (Lipinski definition) is 2. The SMILES string of the molecule is Cc1cc(F)c(-n2nc(C(=O)OC(N)=O)c(=O)[nH]c2=O)cc1SCC(F)(F)F. The Bertz CT molecular complexity index is 1060. The lowest BCUT2D eigenvalue weighted by Gasteiger charge is -2.12. The first-order valence-electron chi connectivity index (χ1n) is 7.14. The van der Waals surface area contributed by atoms with Crippen LogP contribution in [0.25, 0.3) is 5.69 Å². The molecule has 0 saturated carbocycles. The molecule has 150 valence electrons. The zero-order valence-electron chi connectivity index (χ0n) is 13.8. The Labute approximate surface area is 156 Å². The average Bonchev–Trinajstić information content (AvgIpc) is 2.53. The van der Waals surface area contributed by atoms with Crippen molar-refractivity contribution in [1.82, 2.24) is 14.8 Å². The van der Waals surface area contributed by atoms with Crippen molar-refractivity contribution in [2.45, 2.75) is 18.0 Å². The second-order valence-electron chi connectivity index (χ2n) is 5.20. The quantitative estimate of drug-likeness (QED) is 0.327. The van der Waals surface area contributed by atoms with Gasteiger partial charge in [-0.2, -0.15) is 23.0 Å². The predicted octanol–water partition coefficient (Wildman–Crippen LogP) is 1.26. The van der Waals surface area contributed by atoms with Gasteiger partial charge in [-0.05, 0) is 24.6 Å². The molecule has 1 aromatic heterocycles. The molecule has 14 heteroatoms. The highest BCUT2D eigenvalue weighted by Crippen LogP contribution is 2.31. The van der Waals surface area contributed by atoms with Gasteiger partial charge in [-0.25, -0.2) is 18.8 Å². The van der Waals surface area contributed by atoms with Crippen molar-refractivity contribution in [3.05, 3.63) is 50.0 Å². The normalized spacial score (nSPS) is 11.3. The van der Waals surface area contributed by atoms with E-state index >= 15 is 0 Å². The number of aromatic nitrogens is 3. The number of rotatable bonds is 4. The molecule has 9 nitrogen and oxygen atoms in total. The monoisotopic (exact) mass is 422 g/mol. The van der Waals surface area contributed by atoms with Gasteiger partial charge in [0.2, 0.25) is 5.69 Å². The number of benzene rings is 1. The van der Waals surface area contributed by atoms with E-state index < -0.39 is 52.4 Å². The van der Waals surface area contributed by atoms with Crippen LogP contribution in [0.4, 0.5) is 22.4 Å². The molecule has 0 aliphatic rings. The second kappa shape index (κ2) is 7.84. The van der Waals surface area contributed by atoms with Gasteiger partial charge < -0.3 is 10.5 Å². The molecule has 28 heavy (non-hydrogen) atoms. The minimum Gasteiger partial charge on any atom is -0.371 e. The molecular weight excluding hydrogens is 412 g/mol. The number of ether oxygens (including phenoxy) is 1. The van der Waals surface area contributed by atoms with Crippen molar-refractivity contribution in [1.29, 1.82) is 0 Å². The lowest BCUT2D eigenvalue weighted by Crippen LogP contribution is -2.37. The largest absolute Gasteiger partial charge is 0.412 e. The smallest absolute Gasteiger partial charge is 0.371 e. The van der Waals surface area contributed by atoms with Crippen LogP contribution in [-0.4, -0.2) is 38.8 Å². The number of H-pyrrole nitrogens is 1. The van der Waals surface area contributed by atoms with Crippen LogP contribution in [0.15, 0.2) is 26.6 Å². The lowest BCUT2D eigenvalue weighted by molar-refractivity contribution is -0.105. The molecule has 1 aromatic carbocycles. The van der Waals surface area contributed by atoms with E-state index in [9.17, 15) is 36.7 Å². The van der Waals surface area contributed by atoms with E-state index in [4.69, 9.17) is 0 Å². The third-order valence-corrected chi connectivity index (χ3v) is 4.30. The first kappa shape index (κ1) is 21.1. The number of aryl methyl sites for hydroxylation is 1. The van der Waals surface area contributed by atoms with Crippen LogP contribution in [0, 0.1) is 12.7 Å². The van der Waals surface area contributed by atoms with E-state index in [1.807, 2.05) is 0 Å². The number of nitrogens with zero attached hydrogens (tertiary/aromatic N) is 2. The standard InChI is InChI=1S/C14H10F4N4O5S/c1-5-2-6(15)7(3-8(5)28-4-14(16,17)18)22-13(26)20-10(23)9(21-22)11(24)27-12(19)25/h2-3H,4H2,1H3,(H2,19,25)(H,20,23,26). The van der Waals surface area contributed by atoms with Gasteiger partial charge >= 0.3 is 23.9 Å². The number of nitrogens with one attached hydrogen (secondary N) is 1. The average molecular weight is 422 g/mol. The summed E-state index contributed by atoms with van der Waals surface area (Å²) in [4.78, 5) is 47.5. The maximum atomic E-state index is 14.3. The summed E-state index contributed by atoms with van der Waals surface area (Å²) in [5.41, 5.74) is 0.445. The van der Waals surface area contributed by atoms with Crippen LogP contribution < -0.4 is 17.0 Å². The maximum absolute atomic E-state index is 14.3. The van der Waals surface area contributed by atoms with E-state index in [1.165, 1.54) is 6.92 Å². The summed E-state index contributed by atoms with van der Waals surface area (Å²) in [7, 11) is 0. The fourth-order valence-electron chi connectivity index (χ4n) is 1.96. The Hall–Kier alpha value is -3.16. The van der Waals surface area contributed by atoms with Crippen molar-refractivity contribution < 1.29 is 31.9 Å². The Morgan fingerprint density at radius 1 is 1.32 bits per heavy atom. The number of amides is 1. The number of aromatic amines is 1. The van der Waals surface area contributed by atoms with E-state index in [1.54, 1.807) is 4.98 Å². The molecule has 0 radical (unpaired) electrons. The summed E-state index contributed by atoms with van der Waals surface area (Å²) < 4.78 is 55.8. The molecular formula is C14H10F4N4O5S. The number of nitrogens with two attached hydrogens (primary N) is 1. The molecule has 0 unspecified atom stereocenters. The van der Waals surface area contributed by atoms with Crippen LogP contribution in [0.3, 0.4) is 0 Å². The molecule has 2 aromatic rings. The van der Waals surface area contributed by atoms with Crippen LogP contribution >= 0.6 is 11.8 Å². The van der Waals surface area contributed by atoms with Gasteiger partial charge in [-0.3, -0.25) is 9.78 Å². The van der Waals surface area contributed by atoms with Gasteiger partial charge in [-0.1, -0.05) is 0 Å². The summed E-state index contributed by atoms with van der Waals surface area (Å²) >= 11 is 0.340.